The van der Waals surface area contributed by atoms with Crippen LogP contribution in [0.5, 0.6) is 0 Å². The smallest absolute Gasteiger partial charge is 0.251 e. The van der Waals surface area contributed by atoms with Crippen molar-refractivity contribution in [2.75, 3.05) is 56.8 Å². The predicted molar refractivity (Wildman–Crippen MR) is 105 cm³/mol. The lowest BCUT2D eigenvalue weighted by molar-refractivity contribution is 0.0933. The largest absolute Gasteiger partial charge is 0.352 e. The van der Waals surface area contributed by atoms with Gasteiger partial charge in [0.05, 0.1) is 6.26 Å². The van der Waals surface area contributed by atoms with E-state index in [1.807, 2.05) is 0 Å². The Morgan fingerprint density at radius 1 is 1.19 bits per heavy atom. The summed E-state index contributed by atoms with van der Waals surface area (Å²) in [5, 5.41) is 2.95. The lowest BCUT2D eigenvalue weighted by Gasteiger charge is -2.35. The van der Waals surface area contributed by atoms with Gasteiger partial charge >= 0.3 is 0 Å². The van der Waals surface area contributed by atoms with E-state index in [2.05, 4.69) is 33.7 Å². The molecule has 1 aliphatic rings. The summed E-state index contributed by atoms with van der Waals surface area (Å²) in [6.07, 6.45) is 1.09. The molecule has 0 aromatic heterocycles. The Kier molecular flexibility index (Phi) is 7.43. The van der Waals surface area contributed by atoms with Gasteiger partial charge in [0, 0.05) is 50.5 Å². The van der Waals surface area contributed by atoms with E-state index in [1.165, 1.54) is 0 Å². The molecule has 2 N–H and O–H groups in total. The van der Waals surface area contributed by atoms with E-state index in [0.29, 0.717) is 23.7 Å². The molecule has 1 amide bonds. The lowest BCUT2D eigenvalue weighted by Crippen LogP contribution is -2.48. The van der Waals surface area contributed by atoms with Gasteiger partial charge in [0.2, 0.25) is 10.0 Å². The van der Waals surface area contributed by atoms with Crippen molar-refractivity contribution in [1.29, 1.82) is 0 Å². The molecule has 1 unspecified atom stereocenters. The number of benzene rings is 1. The van der Waals surface area contributed by atoms with Crippen LogP contribution in [0, 0.1) is 5.92 Å². The van der Waals surface area contributed by atoms with E-state index < -0.39 is 10.0 Å². The minimum atomic E-state index is -3.36. The van der Waals surface area contributed by atoms with Gasteiger partial charge in [-0.2, -0.15) is 0 Å². The molecular formula is C18H30N4O3S. The fraction of sp³-hybridized carbons (Fsp3) is 0.611. The molecule has 1 atom stereocenters. The first-order valence-electron chi connectivity index (χ1n) is 9.07. The van der Waals surface area contributed by atoms with Crippen LogP contribution in [-0.2, 0) is 10.0 Å². The molecule has 1 heterocycles. The molecule has 1 aromatic rings. The Bertz CT molecular complexity index is 700. The van der Waals surface area contributed by atoms with Crippen molar-refractivity contribution < 1.29 is 13.2 Å². The first kappa shape index (κ1) is 20.7. The van der Waals surface area contributed by atoms with Crippen molar-refractivity contribution in [2.24, 2.45) is 5.92 Å². The molecule has 0 spiro atoms. The van der Waals surface area contributed by atoms with Crippen molar-refractivity contribution in [3.63, 3.8) is 0 Å². The average molecular weight is 383 g/mol. The van der Waals surface area contributed by atoms with E-state index in [4.69, 9.17) is 0 Å². The number of carbonyl (C=O) groups excluding carboxylic acids is 1. The van der Waals surface area contributed by atoms with E-state index in [9.17, 15) is 13.2 Å². The molecule has 1 fully saturated rings. The first-order valence-corrected chi connectivity index (χ1v) is 11.0. The minimum absolute atomic E-state index is 0.190. The number of piperazine rings is 1. The van der Waals surface area contributed by atoms with Crippen molar-refractivity contribution in [1.82, 2.24) is 15.1 Å². The lowest BCUT2D eigenvalue weighted by atomic mass is 10.1. The van der Waals surface area contributed by atoms with E-state index >= 15 is 0 Å². The number of amides is 1. The number of rotatable bonds is 8. The van der Waals surface area contributed by atoms with Crippen molar-refractivity contribution in [2.45, 2.75) is 13.8 Å². The first-order chi connectivity index (χ1) is 12.3. The number of carbonyl (C=O) groups is 1. The molecule has 2 rings (SSSR count). The van der Waals surface area contributed by atoms with Gasteiger partial charge in [0.25, 0.3) is 5.91 Å². The van der Waals surface area contributed by atoms with Crippen LogP contribution in [0.25, 0.3) is 0 Å². The Hall–Kier alpha value is -1.64. The summed E-state index contributed by atoms with van der Waals surface area (Å²) in [6, 6.07) is 6.51. The van der Waals surface area contributed by atoms with Gasteiger partial charge in [-0.25, -0.2) is 8.42 Å². The Labute approximate surface area is 156 Å². The normalized spacial score (nSPS) is 17.7. The van der Waals surface area contributed by atoms with Gasteiger partial charge in [-0.05, 0) is 30.7 Å². The summed E-state index contributed by atoms with van der Waals surface area (Å²) in [6.45, 7) is 11.3. The quantitative estimate of drug-likeness (QED) is 0.703. The van der Waals surface area contributed by atoms with Crippen molar-refractivity contribution >= 4 is 21.6 Å². The zero-order valence-corrected chi connectivity index (χ0v) is 16.7. The van der Waals surface area contributed by atoms with Gasteiger partial charge < -0.3 is 15.1 Å². The zero-order valence-electron chi connectivity index (χ0n) is 15.9. The monoisotopic (exact) mass is 382 g/mol. The van der Waals surface area contributed by atoms with Crippen LogP contribution in [0.15, 0.2) is 24.3 Å². The summed E-state index contributed by atoms with van der Waals surface area (Å²) >= 11 is 0. The topological polar surface area (TPSA) is 81.8 Å². The Morgan fingerprint density at radius 3 is 2.46 bits per heavy atom. The van der Waals surface area contributed by atoms with Crippen LogP contribution in [-0.4, -0.2) is 76.2 Å². The maximum atomic E-state index is 12.3. The van der Waals surface area contributed by atoms with Gasteiger partial charge in [-0.15, -0.1) is 0 Å². The van der Waals surface area contributed by atoms with Gasteiger partial charge in [-0.1, -0.05) is 19.9 Å². The molecule has 1 aromatic carbocycles. The standard InChI is InChI=1S/C18H30N4O3S/c1-4-21-8-10-22(11-9-21)14-15(2)13-19-18(23)16-6-5-7-17(12-16)20-26(3,24)25/h5-7,12,15,20H,4,8-11,13-14H2,1-3H3,(H,19,23). The fourth-order valence-corrected chi connectivity index (χ4v) is 3.66. The van der Waals surface area contributed by atoms with Crippen LogP contribution in [0.1, 0.15) is 24.2 Å². The Balaban J connectivity index is 1.80. The minimum Gasteiger partial charge on any atom is -0.352 e. The highest BCUT2D eigenvalue weighted by Gasteiger charge is 2.18. The van der Waals surface area contributed by atoms with E-state index in [-0.39, 0.29) is 5.91 Å². The molecule has 0 bridgehead atoms. The maximum Gasteiger partial charge on any atom is 0.251 e. The second-order valence-electron chi connectivity index (χ2n) is 7.01. The number of likely N-dealkylation sites (N-methyl/N-ethyl adjacent to an activating group) is 1. The zero-order chi connectivity index (χ0) is 19.2. The molecule has 7 nitrogen and oxygen atoms in total. The maximum absolute atomic E-state index is 12.3. The van der Waals surface area contributed by atoms with Crippen molar-refractivity contribution in [3.05, 3.63) is 29.8 Å². The molecule has 146 valence electrons. The highest BCUT2D eigenvalue weighted by Crippen LogP contribution is 2.12. The third kappa shape index (κ3) is 6.93. The highest BCUT2D eigenvalue weighted by molar-refractivity contribution is 7.92. The van der Waals surface area contributed by atoms with Gasteiger partial charge in [0.1, 0.15) is 0 Å². The van der Waals surface area contributed by atoms with Gasteiger partial charge in [-0.3, -0.25) is 9.52 Å². The number of hydrogen-bond acceptors (Lipinski definition) is 5. The third-order valence-electron chi connectivity index (χ3n) is 4.52. The number of anilines is 1. The van der Waals surface area contributed by atoms with Crippen molar-refractivity contribution in [3.8, 4) is 0 Å². The molecule has 8 heteroatoms. The summed E-state index contributed by atoms with van der Waals surface area (Å²) in [5.74, 6) is 0.161. The average Bonchev–Trinajstić information content (AvgIpc) is 2.59. The number of nitrogens with zero attached hydrogens (tertiary/aromatic N) is 2. The van der Waals surface area contributed by atoms with Crippen LogP contribution in [0.3, 0.4) is 0 Å². The molecule has 26 heavy (non-hydrogen) atoms. The SMILES string of the molecule is CCN1CCN(CC(C)CNC(=O)c2cccc(NS(C)(=O)=O)c2)CC1. The van der Waals surface area contributed by atoms with Crippen LogP contribution >= 0.6 is 0 Å². The molecular weight excluding hydrogens is 352 g/mol. The predicted octanol–water partition coefficient (Wildman–Crippen LogP) is 1.06. The summed E-state index contributed by atoms with van der Waals surface area (Å²) < 4.78 is 25.0. The molecule has 0 saturated carbocycles. The van der Waals surface area contributed by atoms with E-state index in [1.54, 1.807) is 24.3 Å². The highest BCUT2D eigenvalue weighted by atomic mass is 32.2. The Morgan fingerprint density at radius 2 is 1.85 bits per heavy atom. The summed E-state index contributed by atoms with van der Waals surface area (Å²) in [7, 11) is -3.36. The second kappa shape index (κ2) is 9.34. The molecule has 1 aliphatic heterocycles. The number of nitrogens with one attached hydrogen (secondary N) is 2. The number of hydrogen-bond donors (Lipinski definition) is 2. The van der Waals surface area contributed by atoms with E-state index in [0.717, 1.165) is 45.5 Å². The van der Waals surface area contributed by atoms with Crippen LogP contribution in [0.4, 0.5) is 5.69 Å². The second-order valence-corrected chi connectivity index (χ2v) is 8.75. The third-order valence-corrected chi connectivity index (χ3v) is 5.13. The summed E-state index contributed by atoms with van der Waals surface area (Å²) in [4.78, 5) is 17.2. The fourth-order valence-electron chi connectivity index (χ4n) is 3.10. The summed E-state index contributed by atoms with van der Waals surface area (Å²) in [5.41, 5.74) is 0.837. The molecule has 1 saturated heterocycles. The number of sulfonamides is 1. The van der Waals surface area contributed by atoms with Gasteiger partial charge in [0.15, 0.2) is 0 Å². The molecule has 0 aliphatic carbocycles. The van der Waals surface area contributed by atoms with Crippen LogP contribution < -0.4 is 10.0 Å². The molecule has 0 radical (unpaired) electrons. The van der Waals surface area contributed by atoms with Crippen LogP contribution in [0.2, 0.25) is 0 Å².